The van der Waals surface area contributed by atoms with E-state index in [0.29, 0.717) is 25.9 Å². The molecule has 0 aliphatic carbocycles. The van der Waals surface area contributed by atoms with E-state index in [1.807, 2.05) is 30.3 Å². The van der Waals surface area contributed by atoms with E-state index in [1.165, 1.54) is 4.90 Å². The predicted octanol–water partition coefficient (Wildman–Crippen LogP) is 1.90. The fourth-order valence-electron chi connectivity index (χ4n) is 2.64. The number of rotatable bonds is 7. The summed E-state index contributed by atoms with van der Waals surface area (Å²) < 4.78 is 10.8. The van der Waals surface area contributed by atoms with E-state index in [4.69, 9.17) is 9.47 Å². The molecule has 2 amide bonds. The van der Waals surface area contributed by atoms with Crippen molar-refractivity contribution in [2.24, 2.45) is 0 Å². The van der Waals surface area contributed by atoms with Crippen molar-refractivity contribution in [3.05, 3.63) is 35.9 Å². The van der Waals surface area contributed by atoms with Gasteiger partial charge in [-0.15, -0.1) is 0 Å². The van der Waals surface area contributed by atoms with Crippen LogP contribution < -0.4 is 5.32 Å². The highest BCUT2D eigenvalue weighted by molar-refractivity contribution is 5.83. The topological polar surface area (TPSA) is 84.9 Å². The van der Waals surface area contributed by atoms with Crippen molar-refractivity contribution in [1.82, 2.24) is 10.2 Å². The van der Waals surface area contributed by atoms with Crippen molar-refractivity contribution in [3.63, 3.8) is 0 Å². The number of carbonyl (C=O) groups excluding carboxylic acids is 3. The molecule has 0 saturated carbocycles. The number of aldehydes is 1. The van der Waals surface area contributed by atoms with Gasteiger partial charge in [-0.3, -0.25) is 4.79 Å². The second-order valence-corrected chi connectivity index (χ2v) is 7.25. The van der Waals surface area contributed by atoms with Gasteiger partial charge >= 0.3 is 6.09 Å². The maximum atomic E-state index is 12.4. The second kappa shape index (κ2) is 8.80. The Morgan fingerprint density at radius 2 is 2.04 bits per heavy atom. The molecule has 1 aliphatic heterocycles. The molecule has 0 bridgehead atoms. The zero-order valence-electron chi connectivity index (χ0n) is 15.4. The predicted molar refractivity (Wildman–Crippen MR) is 95.4 cm³/mol. The Labute approximate surface area is 153 Å². The van der Waals surface area contributed by atoms with E-state index < -0.39 is 23.8 Å². The molecule has 7 heteroatoms. The maximum absolute atomic E-state index is 12.4. The molecule has 0 radical (unpaired) electrons. The third kappa shape index (κ3) is 6.15. The lowest BCUT2D eigenvalue weighted by atomic mass is 10.2. The van der Waals surface area contributed by atoms with Crippen molar-refractivity contribution in [1.29, 1.82) is 0 Å². The Morgan fingerprint density at radius 3 is 2.65 bits per heavy atom. The quantitative estimate of drug-likeness (QED) is 0.749. The normalized spacial score (nSPS) is 18.5. The number of carbonyl (C=O) groups is 3. The highest BCUT2D eigenvalue weighted by Gasteiger charge is 2.34. The largest absolute Gasteiger partial charge is 0.444 e. The molecule has 1 aromatic carbocycles. The van der Waals surface area contributed by atoms with Crippen molar-refractivity contribution >= 4 is 18.3 Å². The van der Waals surface area contributed by atoms with Crippen LogP contribution in [0.2, 0.25) is 0 Å². The number of benzene rings is 1. The van der Waals surface area contributed by atoms with Gasteiger partial charge in [-0.1, -0.05) is 30.3 Å². The summed E-state index contributed by atoms with van der Waals surface area (Å²) in [7, 11) is 0. The molecule has 2 atom stereocenters. The zero-order valence-corrected chi connectivity index (χ0v) is 15.4. The Hall–Kier alpha value is -2.41. The molecular weight excluding hydrogens is 336 g/mol. The number of ether oxygens (including phenoxy) is 2. The fourth-order valence-corrected chi connectivity index (χ4v) is 2.64. The van der Waals surface area contributed by atoms with Crippen LogP contribution in [0, 0.1) is 0 Å². The van der Waals surface area contributed by atoms with Crippen molar-refractivity contribution < 1.29 is 23.9 Å². The molecular formula is C19H26N2O5. The Balaban J connectivity index is 1.82. The minimum Gasteiger partial charge on any atom is -0.444 e. The number of likely N-dealkylation sites (tertiary alicyclic amines) is 1. The lowest BCUT2D eigenvalue weighted by Crippen LogP contribution is -2.47. The molecule has 1 heterocycles. The summed E-state index contributed by atoms with van der Waals surface area (Å²) in [6.07, 6.45) is -0.0406. The molecule has 2 rings (SSSR count). The summed E-state index contributed by atoms with van der Waals surface area (Å²) in [6.45, 7) is 6.16. The van der Waals surface area contributed by atoms with E-state index in [0.717, 1.165) is 5.56 Å². The summed E-state index contributed by atoms with van der Waals surface area (Å²) in [4.78, 5) is 37.0. The maximum Gasteiger partial charge on any atom is 0.408 e. The molecule has 0 aromatic heterocycles. The van der Waals surface area contributed by atoms with Crippen LogP contribution in [0.25, 0.3) is 0 Å². The van der Waals surface area contributed by atoms with E-state index in [9.17, 15) is 14.4 Å². The molecule has 1 aliphatic rings. The number of hydrogen-bond donors (Lipinski definition) is 1. The second-order valence-electron chi connectivity index (χ2n) is 7.25. The van der Waals surface area contributed by atoms with E-state index in [1.54, 1.807) is 20.8 Å². The SMILES string of the molecule is CC(C)(C)OC(=O)N[C@H](C=O)CN1CC[C@H](OCc2ccccc2)C1=O. The van der Waals surface area contributed by atoms with Gasteiger partial charge in [0.15, 0.2) is 0 Å². The van der Waals surface area contributed by atoms with Crippen molar-refractivity contribution in [3.8, 4) is 0 Å². The monoisotopic (exact) mass is 362 g/mol. The van der Waals surface area contributed by atoms with Crippen LogP contribution in [0.4, 0.5) is 4.79 Å². The third-order valence-electron chi connectivity index (χ3n) is 3.83. The Kier molecular flexibility index (Phi) is 6.74. The van der Waals surface area contributed by atoms with E-state index in [2.05, 4.69) is 5.32 Å². The first-order chi connectivity index (χ1) is 12.3. The van der Waals surface area contributed by atoms with Crippen LogP contribution in [0.3, 0.4) is 0 Å². The summed E-state index contributed by atoms with van der Waals surface area (Å²) >= 11 is 0. The standard InChI is InChI=1S/C19H26N2O5/c1-19(2,3)26-18(24)20-15(12-22)11-21-10-9-16(17(21)23)25-13-14-7-5-4-6-8-14/h4-8,12,15-16H,9-11,13H2,1-3H3,(H,20,24)/t15-,16-/m0/s1. The van der Waals surface area contributed by atoms with Gasteiger partial charge in [-0.2, -0.15) is 0 Å². The van der Waals surface area contributed by atoms with Gasteiger partial charge < -0.3 is 24.5 Å². The third-order valence-corrected chi connectivity index (χ3v) is 3.83. The summed E-state index contributed by atoms with van der Waals surface area (Å²) in [5.74, 6) is -0.168. The van der Waals surface area contributed by atoms with Crippen LogP contribution >= 0.6 is 0 Å². The lowest BCUT2D eigenvalue weighted by molar-refractivity contribution is -0.138. The van der Waals surface area contributed by atoms with Crippen LogP contribution in [-0.4, -0.2) is 54.0 Å². The average molecular weight is 362 g/mol. The minimum atomic E-state index is -0.818. The number of amides is 2. The number of nitrogens with one attached hydrogen (secondary N) is 1. The van der Waals surface area contributed by atoms with Crippen LogP contribution in [0.5, 0.6) is 0 Å². The molecule has 1 N–H and O–H groups in total. The van der Waals surface area contributed by atoms with Gasteiger partial charge in [0.05, 0.1) is 6.61 Å². The molecule has 0 spiro atoms. The van der Waals surface area contributed by atoms with Gasteiger partial charge in [0.2, 0.25) is 0 Å². The van der Waals surface area contributed by atoms with Crippen molar-refractivity contribution in [2.75, 3.05) is 13.1 Å². The zero-order chi connectivity index (χ0) is 19.2. The number of hydrogen-bond acceptors (Lipinski definition) is 5. The minimum absolute atomic E-state index is 0.104. The van der Waals surface area contributed by atoms with Gasteiger partial charge in [0.1, 0.15) is 24.0 Å². The molecule has 0 unspecified atom stereocenters. The smallest absolute Gasteiger partial charge is 0.408 e. The molecule has 142 valence electrons. The molecule has 7 nitrogen and oxygen atoms in total. The summed E-state index contributed by atoms with van der Waals surface area (Å²) in [6, 6.07) is 8.80. The summed E-state index contributed by atoms with van der Waals surface area (Å²) in [5.41, 5.74) is 0.341. The van der Waals surface area contributed by atoms with Gasteiger partial charge in [-0.25, -0.2) is 4.79 Å². The highest BCUT2D eigenvalue weighted by Crippen LogP contribution is 2.17. The Bertz CT molecular complexity index is 627. The molecule has 1 saturated heterocycles. The van der Waals surface area contributed by atoms with Crippen LogP contribution in [-0.2, 0) is 25.7 Å². The summed E-state index contributed by atoms with van der Waals surface area (Å²) in [5, 5.41) is 2.48. The van der Waals surface area contributed by atoms with Gasteiger partial charge in [-0.05, 0) is 26.3 Å². The number of nitrogens with zero attached hydrogens (tertiary/aromatic N) is 1. The average Bonchev–Trinajstić information content (AvgIpc) is 2.91. The van der Waals surface area contributed by atoms with Crippen LogP contribution in [0.15, 0.2) is 30.3 Å². The molecule has 1 aromatic rings. The molecule has 1 fully saturated rings. The first kappa shape index (κ1) is 19.9. The lowest BCUT2D eigenvalue weighted by Gasteiger charge is -2.24. The number of alkyl carbamates (subject to hydrolysis) is 1. The van der Waals surface area contributed by atoms with Crippen LogP contribution in [0.1, 0.15) is 32.8 Å². The van der Waals surface area contributed by atoms with Crippen molar-refractivity contribution in [2.45, 2.75) is 51.5 Å². The highest BCUT2D eigenvalue weighted by atomic mass is 16.6. The fraction of sp³-hybridized carbons (Fsp3) is 0.526. The Morgan fingerprint density at radius 1 is 1.35 bits per heavy atom. The molecule has 26 heavy (non-hydrogen) atoms. The van der Waals surface area contributed by atoms with E-state index in [-0.39, 0.29) is 12.5 Å². The first-order valence-electron chi connectivity index (χ1n) is 8.67. The first-order valence-corrected chi connectivity index (χ1v) is 8.67. The van der Waals surface area contributed by atoms with Gasteiger partial charge in [0.25, 0.3) is 5.91 Å². The van der Waals surface area contributed by atoms with E-state index >= 15 is 0 Å². The van der Waals surface area contributed by atoms with Gasteiger partial charge in [0, 0.05) is 19.5 Å².